The fourth-order valence-corrected chi connectivity index (χ4v) is 4.01. The molecule has 1 aliphatic rings. The van der Waals surface area contributed by atoms with E-state index in [0.29, 0.717) is 6.61 Å². The predicted molar refractivity (Wildman–Crippen MR) is 114 cm³/mol. The summed E-state index contributed by atoms with van der Waals surface area (Å²) in [6.07, 6.45) is 6.59. The van der Waals surface area contributed by atoms with Gasteiger partial charge in [0.2, 0.25) is 0 Å². The smallest absolute Gasteiger partial charge is 0.105 e. The largest absolute Gasteiger partial charge is 0.500 e. The first-order valence-electron chi connectivity index (χ1n) is 9.18. The number of ether oxygens (including phenoxy) is 1. The molecule has 0 saturated heterocycles. The summed E-state index contributed by atoms with van der Waals surface area (Å²) < 4.78 is 7.76. The summed E-state index contributed by atoms with van der Waals surface area (Å²) in [5, 5.41) is 1.23. The Morgan fingerprint density at radius 3 is 2.74 bits per heavy atom. The van der Waals surface area contributed by atoms with Crippen LogP contribution < -0.4 is 4.90 Å². The molecule has 0 bridgehead atoms. The zero-order valence-electron chi connectivity index (χ0n) is 15.9. The molecule has 0 atom stereocenters. The number of rotatable bonds is 5. The first kappa shape index (κ1) is 19.3. The minimum atomic E-state index is 0. The maximum Gasteiger partial charge on any atom is 0.105 e. The van der Waals surface area contributed by atoms with Crippen LogP contribution in [0.2, 0.25) is 0 Å². The monoisotopic (exact) mass is 383 g/mol. The van der Waals surface area contributed by atoms with E-state index in [-0.39, 0.29) is 12.4 Å². The molecule has 4 rings (SSSR count). The van der Waals surface area contributed by atoms with Crippen LogP contribution in [0.15, 0.2) is 49.5 Å². The van der Waals surface area contributed by atoms with E-state index in [0.717, 1.165) is 26.1 Å². The van der Waals surface area contributed by atoms with Crippen LogP contribution >= 0.6 is 12.4 Å². The molecule has 1 aliphatic heterocycles. The molecule has 0 saturated carbocycles. The van der Waals surface area contributed by atoms with Crippen molar-refractivity contribution in [1.29, 1.82) is 0 Å². The highest BCUT2D eigenvalue weighted by molar-refractivity contribution is 5.94. The van der Waals surface area contributed by atoms with Gasteiger partial charge >= 0.3 is 0 Å². The van der Waals surface area contributed by atoms with Gasteiger partial charge in [0.25, 0.3) is 0 Å². The Balaban J connectivity index is 0.00000210. The van der Waals surface area contributed by atoms with Gasteiger partial charge in [-0.25, -0.2) is 0 Å². The zero-order valence-corrected chi connectivity index (χ0v) is 16.8. The number of aromatic nitrogens is 2. The molecule has 0 amide bonds. The summed E-state index contributed by atoms with van der Waals surface area (Å²) >= 11 is 0. The number of hydrogen-bond acceptors (Lipinski definition) is 3. The van der Waals surface area contributed by atoms with Crippen LogP contribution in [0.4, 0.5) is 5.69 Å². The summed E-state index contributed by atoms with van der Waals surface area (Å²) in [5.74, 6) is 0. The molecule has 5 heteroatoms. The van der Waals surface area contributed by atoms with Crippen LogP contribution in [-0.2, 0) is 24.2 Å². The minimum Gasteiger partial charge on any atom is -0.500 e. The molecule has 1 aromatic carbocycles. The van der Waals surface area contributed by atoms with Gasteiger partial charge in [0.1, 0.15) is 6.61 Å². The number of nitrogens with zero attached hydrogens (tertiary/aromatic N) is 3. The van der Waals surface area contributed by atoms with E-state index < -0.39 is 0 Å². The fourth-order valence-electron chi connectivity index (χ4n) is 4.01. The molecule has 2 aromatic heterocycles. The molecule has 0 radical (unpaired) electrons. The molecule has 4 nitrogen and oxygen atoms in total. The molecule has 0 aliphatic carbocycles. The van der Waals surface area contributed by atoms with E-state index in [1.165, 1.54) is 45.2 Å². The highest BCUT2D eigenvalue weighted by Gasteiger charge is 2.22. The fraction of sp³-hybridized carbons (Fsp3) is 0.318. The maximum absolute atomic E-state index is 5.40. The Morgan fingerprint density at radius 2 is 1.96 bits per heavy atom. The quantitative estimate of drug-likeness (QED) is 0.468. The third-order valence-corrected chi connectivity index (χ3v) is 5.54. The first-order chi connectivity index (χ1) is 12.7. The van der Waals surface area contributed by atoms with Gasteiger partial charge in [-0.1, -0.05) is 30.8 Å². The van der Waals surface area contributed by atoms with Crippen LogP contribution in [0.5, 0.6) is 0 Å². The molecular formula is C22H26ClN3O. The summed E-state index contributed by atoms with van der Waals surface area (Å²) in [6, 6.07) is 8.75. The van der Waals surface area contributed by atoms with Gasteiger partial charge in [-0.3, -0.25) is 4.98 Å². The second kappa shape index (κ2) is 8.05. The zero-order chi connectivity index (χ0) is 18.1. The second-order valence-electron chi connectivity index (χ2n) is 6.89. The van der Waals surface area contributed by atoms with Crippen LogP contribution in [0, 0.1) is 13.8 Å². The molecule has 0 N–H and O–H groups in total. The lowest BCUT2D eigenvalue weighted by Crippen LogP contribution is -2.30. The highest BCUT2D eigenvalue weighted by atomic mass is 35.5. The molecule has 3 heterocycles. The molecule has 0 unspecified atom stereocenters. The van der Waals surface area contributed by atoms with Crippen molar-refractivity contribution in [1.82, 2.24) is 9.55 Å². The molecule has 27 heavy (non-hydrogen) atoms. The van der Waals surface area contributed by atoms with Crippen molar-refractivity contribution in [3.05, 3.63) is 71.9 Å². The van der Waals surface area contributed by atoms with Crippen molar-refractivity contribution in [2.24, 2.45) is 0 Å². The van der Waals surface area contributed by atoms with Gasteiger partial charge in [-0.15, -0.1) is 12.4 Å². The molecule has 0 spiro atoms. The Bertz CT molecular complexity index is 964. The number of anilines is 1. The Labute approximate surface area is 166 Å². The van der Waals surface area contributed by atoms with Gasteiger partial charge in [-0.2, -0.15) is 0 Å². The lowest BCUT2D eigenvalue weighted by Gasteiger charge is -2.31. The Kier molecular flexibility index (Phi) is 5.76. The van der Waals surface area contributed by atoms with Crippen molar-refractivity contribution < 1.29 is 4.74 Å². The number of benzene rings is 1. The van der Waals surface area contributed by atoms with Crippen LogP contribution in [0.1, 0.15) is 22.4 Å². The number of fused-ring (bicyclic) bond motifs is 2. The summed E-state index contributed by atoms with van der Waals surface area (Å²) in [5.41, 5.74) is 7.93. The van der Waals surface area contributed by atoms with E-state index in [2.05, 4.69) is 59.1 Å². The maximum atomic E-state index is 5.40. The molecular weight excluding hydrogens is 358 g/mol. The molecule has 142 valence electrons. The lowest BCUT2D eigenvalue weighted by atomic mass is 9.99. The summed E-state index contributed by atoms with van der Waals surface area (Å²) in [6.45, 7) is 11.4. The van der Waals surface area contributed by atoms with Gasteiger partial charge < -0.3 is 14.2 Å². The average Bonchev–Trinajstić information content (AvgIpc) is 2.93. The summed E-state index contributed by atoms with van der Waals surface area (Å²) in [7, 11) is 0. The average molecular weight is 384 g/mol. The number of pyridine rings is 1. The summed E-state index contributed by atoms with van der Waals surface area (Å²) in [4.78, 5) is 7.01. The Hall–Kier alpha value is -2.46. The van der Waals surface area contributed by atoms with Gasteiger partial charge in [-0.05, 0) is 37.0 Å². The number of hydrogen-bond donors (Lipinski definition) is 0. The lowest BCUT2D eigenvalue weighted by molar-refractivity contribution is 0.237. The van der Waals surface area contributed by atoms with E-state index >= 15 is 0 Å². The van der Waals surface area contributed by atoms with Gasteiger partial charge in [0.15, 0.2) is 0 Å². The minimum absolute atomic E-state index is 0. The van der Waals surface area contributed by atoms with Crippen molar-refractivity contribution in [2.45, 2.75) is 33.4 Å². The Morgan fingerprint density at radius 1 is 1.19 bits per heavy atom. The first-order valence-corrected chi connectivity index (χ1v) is 9.18. The van der Waals surface area contributed by atoms with Crippen molar-refractivity contribution in [2.75, 3.05) is 18.1 Å². The molecule has 0 fully saturated rings. The van der Waals surface area contributed by atoms with E-state index in [1.54, 1.807) is 0 Å². The normalized spacial score (nSPS) is 13.2. The van der Waals surface area contributed by atoms with Gasteiger partial charge in [0, 0.05) is 30.4 Å². The van der Waals surface area contributed by atoms with Crippen molar-refractivity contribution in [3.8, 4) is 0 Å². The van der Waals surface area contributed by atoms with Crippen molar-refractivity contribution >= 4 is 29.0 Å². The number of halogens is 1. The SMILES string of the molecule is C=COCCn1c(C)c(C)c2cncc(N3CCc4ccccc4C3)c21.Cl. The van der Waals surface area contributed by atoms with Gasteiger partial charge in [0.05, 0.1) is 30.2 Å². The van der Waals surface area contributed by atoms with Crippen LogP contribution in [0.25, 0.3) is 10.9 Å². The van der Waals surface area contributed by atoms with E-state index in [1.807, 2.05) is 12.4 Å². The highest BCUT2D eigenvalue weighted by Crippen LogP contribution is 2.34. The number of aryl methyl sites for hydroxylation is 1. The van der Waals surface area contributed by atoms with E-state index in [9.17, 15) is 0 Å². The topological polar surface area (TPSA) is 30.3 Å². The second-order valence-corrected chi connectivity index (χ2v) is 6.89. The third kappa shape index (κ3) is 3.42. The molecule has 3 aromatic rings. The van der Waals surface area contributed by atoms with Crippen molar-refractivity contribution in [3.63, 3.8) is 0 Å². The van der Waals surface area contributed by atoms with Crippen LogP contribution in [-0.4, -0.2) is 22.7 Å². The predicted octanol–water partition coefficient (Wildman–Crippen LogP) is 4.80. The van der Waals surface area contributed by atoms with Crippen LogP contribution in [0.3, 0.4) is 0 Å². The third-order valence-electron chi connectivity index (χ3n) is 5.54. The van der Waals surface area contributed by atoms with E-state index in [4.69, 9.17) is 4.74 Å². The standard InChI is InChI=1S/C22H25N3O.ClH/c1-4-26-12-11-25-17(3)16(2)20-13-23-14-21(22(20)25)24-10-9-18-7-5-6-8-19(18)15-24;/h4-8,13-14H,1,9-12,15H2,2-3H3;1H.